The number of allylic oxidation sites excluding steroid dienone is 1. The van der Waals surface area contributed by atoms with Gasteiger partial charge in [0.05, 0.1) is 28.6 Å². The Bertz CT molecular complexity index is 790. The molecule has 1 unspecified atom stereocenters. The summed E-state index contributed by atoms with van der Waals surface area (Å²) in [5.41, 5.74) is 0.540. The van der Waals surface area contributed by atoms with Crippen molar-refractivity contribution in [2.45, 2.75) is 56.6 Å². The summed E-state index contributed by atoms with van der Waals surface area (Å²) in [5, 5.41) is 14.3. The molecule has 1 aliphatic carbocycles. The molecule has 0 spiro atoms. The summed E-state index contributed by atoms with van der Waals surface area (Å²) >= 11 is 6.41. The average Bonchev–Trinajstić information content (AvgIpc) is 3.26. The second-order valence-corrected chi connectivity index (χ2v) is 8.53. The third-order valence-electron chi connectivity index (χ3n) is 6.11. The Labute approximate surface area is 167 Å². The minimum Gasteiger partial charge on any atom is -0.381 e. The number of hydrogen-bond donors (Lipinski definition) is 2. The summed E-state index contributed by atoms with van der Waals surface area (Å²) in [6, 6.07) is 1.70. The fourth-order valence-corrected chi connectivity index (χ4v) is 4.72. The number of amides is 1. The van der Waals surface area contributed by atoms with Gasteiger partial charge in [-0.05, 0) is 31.2 Å². The Kier molecular flexibility index (Phi) is 5.27. The third-order valence-corrected chi connectivity index (χ3v) is 6.44. The standard InChI is InChI=1S/C20H25ClF2N2O3/c21-15-2-1-8-25-16(19(27)7-9-28-12-19)10-14(17(15)25)18(26)24-11-13-3-5-20(22,23)6-4-13/h2,10,13,27H,1,3-9,11-12H2,(H,24,26). The topological polar surface area (TPSA) is 63.5 Å². The van der Waals surface area contributed by atoms with Gasteiger partial charge in [0.25, 0.3) is 5.91 Å². The largest absolute Gasteiger partial charge is 0.381 e. The predicted molar refractivity (Wildman–Crippen MR) is 101 cm³/mol. The molecule has 154 valence electrons. The Balaban J connectivity index is 1.53. The third kappa shape index (κ3) is 3.72. The van der Waals surface area contributed by atoms with Crippen LogP contribution in [0.2, 0.25) is 0 Å². The van der Waals surface area contributed by atoms with Crippen molar-refractivity contribution in [1.82, 2.24) is 9.88 Å². The van der Waals surface area contributed by atoms with E-state index in [9.17, 15) is 18.7 Å². The zero-order chi connectivity index (χ0) is 19.9. The van der Waals surface area contributed by atoms with E-state index < -0.39 is 11.5 Å². The lowest BCUT2D eigenvalue weighted by molar-refractivity contribution is -0.0452. The molecule has 0 bridgehead atoms. The molecule has 28 heavy (non-hydrogen) atoms. The molecule has 3 aliphatic rings. The van der Waals surface area contributed by atoms with E-state index in [0.717, 1.165) is 6.42 Å². The highest BCUT2D eigenvalue weighted by molar-refractivity contribution is 6.49. The summed E-state index contributed by atoms with van der Waals surface area (Å²) < 4.78 is 33.9. The molecule has 1 saturated heterocycles. The lowest BCUT2D eigenvalue weighted by atomic mass is 9.87. The molecule has 2 fully saturated rings. The number of hydrogen-bond acceptors (Lipinski definition) is 3. The number of nitrogens with zero attached hydrogens (tertiary/aromatic N) is 1. The molecule has 1 aromatic rings. The van der Waals surface area contributed by atoms with Crippen LogP contribution in [0.1, 0.15) is 60.3 Å². The van der Waals surface area contributed by atoms with Crippen molar-refractivity contribution in [2.75, 3.05) is 19.8 Å². The van der Waals surface area contributed by atoms with Crippen LogP contribution in [-0.2, 0) is 16.9 Å². The van der Waals surface area contributed by atoms with Crippen molar-refractivity contribution in [1.29, 1.82) is 0 Å². The maximum atomic E-state index is 13.3. The SMILES string of the molecule is O=C(NCC1CCC(F)(F)CC1)c1cc(C2(O)CCOC2)n2c1C(Cl)=CCC2. The van der Waals surface area contributed by atoms with Gasteiger partial charge in [-0.25, -0.2) is 8.78 Å². The number of halogens is 3. The van der Waals surface area contributed by atoms with Crippen molar-refractivity contribution in [3.05, 3.63) is 29.1 Å². The van der Waals surface area contributed by atoms with E-state index in [1.165, 1.54) is 0 Å². The van der Waals surface area contributed by atoms with Gasteiger partial charge in [-0.3, -0.25) is 4.79 Å². The van der Waals surface area contributed by atoms with E-state index in [-0.39, 0.29) is 31.3 Å². The monoisotopic (exact) mass is 414 g/mol. The molecule has 2 N–H and O–H groups in total. The van der Waals surface area contributed by atoms with Crippen LogP contribution in [0.15, 0.2) is 12.1 Å². The van der Waals surface area contributed by atoms with Crippen LogP contribution in [0.3, 0.4) is 0 Å². The van der Waals surface area contributed by atoms with E-state index >= 15 is 0 Å². The van der Waals surface area contributed by atoms with E-state index in [0.29, 0.717) is 60.9 Å². The van der Waals surface area contributed by atoms with E-state index in [4.69, 9.17) is 16.3 Å². The average molecular weight is 415 g/mol. The molecular formula is C20H25ClF2N2O3. The zero-order valence-electron chi connectivity index (χ0n) is 15.6. The first kappa shape index (κ1) is 19.9. The minimum atomic E-state index is -2.58. The van der Waals surface area contributed by atoms with Crippen LogP contribution in [0.25, 0.3) is 5.03 Å². The van der Waals surface area contributed by atoms with Gasteiger partial charge < -0.3 is 19.7 Å². The molecule has 5 nitrogen and oxygen atoms in total. The molecule has 4 rings (SSSR count). The van der Waals surface area contributed by atoms with Crippen molar-refractivity contribution in [2.24, 2.45) is 5.92 Å². The molecule has 2 aliphatic heterocycles. The van der Waals surface area contributed by atoms with Crippen LogP contribution in [0.4, 0.5) is 8.78 Å². The second kappa shape index (κ2) is 7.43. The van der Waals surface area contributed by atoms with Crippen LogP contribution in [-0.4, -0.2) is 41.3 Å². The van der Waals surface area contributed by atoms with Crippen molar-refractivity contribution >= 4 is 22.5 Å². The number of nitrogens with one attached hydrogen (secondary N) is 1. The Hall–Kier alpha value is -1.44. The number of carbonyl (C=O) groups is 1. The van der Waals surface area contributed by atoms with Crippen LogP contribution in [0.5, 0.6) is 0 Å². The van der Waals surface area contributed by atoms with Gasteiger partial charge in [0.1, 0.15) is 5.60 Å². The molecule has 1 atom stereocenters. The smallest absolute Gasteiger partial charge is 0.253 e. The number of carbonyl (C=O) groups excluding carboxylic acids is 1. The molecule has 8 heteroatoms. The number of fused-ring (bicyclic) bond motifs is 1. The second-order valence-electron chi connectivity index (χ2n) is 8.13. The first-order valence-electron chi connectivity index (χ1n) is 9.85. The Morgan fingerprint density at radius 1 is 1.36 bits per heavy atom. The van der Waals surface area contributed by atoms with Crippen molar-refractivity contribution in [3.8, 4) is 0 Å². The number of aromatic nitrogens is 1. The first-order valence-corrected chi connectivity index (χ1v) is 10.2. The molecular weight excluding hydrogens is 390 g/mol. The van der Waals surface area contributed by atoms with Crippen molar-refractivity contribution in [3.63, 3.8) is 0 Å². The maximum absolute atomic E-state index is 13.3. The Morgan fingerprint density at radius 2 is 2.11 bits per heavy atom. The number of alkyl halides is 2. The first-order chi connectivity index (χ1) is 13.3. The van der Waals surface area contributed by atoms with Crippen LogP contribution < -0.4 is 5.32 Å². The summed E-state index contributed by atoms with van der Waals surface area (Å²) in [6.07, 6.45) is 3.63. The van der Waals surface area contributed by atoms with E-state index in [2.05, 4.69) is 5.32 Å². The van der Waals surface area contributed by atoms with Crippen LogP contribution >= 0.6 is 11.6 Å². The molecule has 1 aromatic heterocycles. The van der Waals surface area contributed by atoms with Gasteiger partial charge in [0.2, 0.25) is 5.92 Å². The van der Waals surface area contributed by atoms with E-state index in [1.54, 1.807) is 6.07 Å². The molecule has 0 aromatic carbocycles. The predicted octanol–water partition coefficient (Wildman–Crippen LogP) is 3.63. The lowest BCUT2D eigenvalue weighted by Gasteiger charge is -2.28. The fourth-order valence-electron chi connectivity index (χ4n) is 4.41. The number of rotatable bonds is 4. The molecule has 1 amide bonds. The van der Waals surface area contributed by atoms with Gasteiger partial charge in [-0.15, -0.1) is 0 Å². The minimum absolute atomic E-state index is 0.0555. The molecule has 1 saturated carbocycles. The molecule has 0 radical (unpaired) electrons. The van der Waals surface area contributed by atoms with Crippen molar-refractivity contribution < 1.29 is 23.4 Å². The summed E-state index contributed by atoms with van der Waals surface area (Å²) in [6.45, 7) is 1.65. The summed E-state index contributed by atoms with van der Waals surface area (Å²) in [7, 11) is 0. The summed E-state index contributed by atoms with van der Waals surface area (Å²) in [5.74, 6) is -2.81. The highest BCUT2D eigenvalue weighted by Crippen LogP contribution is 2.39. The van der Waals surface area contributed by atoms with Gasteiger partial charge >= 0.3 is 0 Å². The summed E-state index contributed by atoms with van der Waals surface area (Å²) in [4.78, 5) is 12.9. The van der Waals surface area contributed by atoms with Gasteiger partial charge in [-0.2, -0.15) is 0 Å². The lowest BCUT2D eigenvalue weighted by Crippen LogP contribution is -2.34. The number of ether oxygens (including phenoxy) is 1. The zero-order valence-corrected chi connectivity index (χ0v) is 16.4. The normalized spacial score (nSPS) is 27.4. The molecule has 3 heterocycles. The van der Waals surface area contributed by atoms with Crippen LogP contribution in [0, 0.1) is 5.92 Å². The van der Waals surface area contributed by atoms with E-state index in [1.807, 2.05) is 10.6 Å². The van der Waals surface area contributed by atoms with Gasteiger partial charge in [0, 0.05) is 39.0 Å². The van der Waals surface area contributed by atoms with Gasteiger partial charge in [-0.1, -0.05) is 17.7 Å². The quantitative estimate of drug-likeness (QED) is 0.790. The van der Waals surface area contributed by atoms with Gasteiger partial charge in [0.15, 0.2) is 0 Å². The highest BCUT2D eigenvalue weighted by atomic mass is 35.5. The highest BCUT2D eigenvalue weighted by Gasteiger charge is 2.40. The maximum Gasteiger partial charge on any atom is 0.253 e. The Morgan fingerprint density at radius 3 is 2.79 bits per heavy atom. The number of aliphatic hydroxyl groups is 1. The fraction of sp³-hybridized carbons (Fsp3) is 0.650.